The summed E-state index contributed by atoms with van der Waals surface area (Å²) in [5, 5.41) is 0. The van der Waals surface area contributed by atoms with Gasteiger partial charge in [-0.05, 0) is 62.4 Å². The van der Waals surface area contributed by atoms with Crippen molar-refractivity contribution in [3.05, 3.63) is 12.2 Å². The zero-order valence-corrected chi connectivity index (χ0v) is 10.1. The Labute approximate surface area is 101 Å². The summed E-state index contributed by atoms with van der Waals surface area (Å²) in [6.07, 6.45) is 7.05. The van der Waals surface area contributed by atoms with Crippen molar-refractivity contribution in [2.24, 2.45) is 17.8 Å². The summed E-state index contributed by atoms with van der Waals surface area (Å²) in [7, 11) is 0. The van der Waals surface area contributed by atoms with Crippen LogP contribution in [0.5, 0.6) is 0 Å². The van der Waals surface area contributed by atoms with Gasteiger partial charge in [-0.3, -0.25) is 4.79 Å². The van der Waals surface area contributed by atoms with Crippen LogP contribution in [0.2, 0.25) is 0 Å². The number of carbonyl (C=O) groups excluding carboxylic acids is 1. The van der Waals surface area contributed by atoms with Crippen molar-refractivity contribution < 1.29 is 13.6 Å². The Bertz CT molecular complexity index is 289. The lowest BCUT2D eigenvalue weighted by molar-refractivity contribution is -0.121. The van der Waals surface area contributed by atoms with Gasteiger partial charge in [0, 0.05) is 12.8 Å². The van der Waals surface area contributed by atoms with E-state index in [0.29, 0.717) is 17.6 Å². The fraction of sp³-hybridized carbons (Fsp3) is 0.786. The lowest BCUT2D eigenvalue weighted by Gasteiger charge is -2.34. The quantitative estimate of drug-likeness (QED) is 0.704. The lowest BCUT2D eigenvalue weighted by atomic mass is 9.71. The Hall–Kier alpha value is -0.730. The van der Waals surface area contributed by atoms with Crippen LogP contribution in [0.15, 0.2) is 12.2 Å². The minimum Gasteiger partial charge on any atom is -0.300 e. The van der Waals surface area contributed by atoms with Crippen LogP contribution in [0, 0.1) is 17.8 Å². The molecule has 0 N–H and O–H groups in total. The third-order valence-corrected chi connectivity index (χ3v) is 4.43. The van der Waals surface area contributed by atoms with Crippen LogP contribution in [0.4, 0.5) is 8.78 Å². The maximum atomic E-state index is 12.1. The van der Waals surface area contributed by atoms with E-state index in [-0.39, 0.29) is 5.92 Å². The average molecular weight is 242 g/mol. The number of hydrogen-bond acceptors (Lipinski definition) is 1. The highest BCUT2D eigenvalue weighted by Crippen LogP contribution is 2.39. The molecule has 0 atom stereocenters. The summed E-state index contributed by atoms with van der Waals surface area (Å²) in [6, 6.07) is 0. The van der Waals surface area contributed by atoms with Gasteiger partial charge in [-0.1, -0.05) is 0 Å². The molecule has 0 saturated heterocycles. The van der Waals surface area contributed by atoms with Gasteiger partial charge in [-0.25, -0.2) is 0 Å². The molecular formula is C14H20F2O. The molecular weight excluding hydrogens is 222 g/mol. The second kappa shape index (κ2) is 5.74. The van der Waals surface area contributed by atoms with Gasteiger partial charge in [-0.15, -0.1) is 0 Å². The topological polar surface area (TPSA) is 17.1 Å². The van der Waals surface area contributed by atoms with Gasteiger partial charge in [0.15, 0.2) is 0 Å². The minimum absolute atomic E-state index is 0.0847. The van der Waals surface area contributed by atoms with Crippen molar-refractivity contribution in [2.45, 2.75) is 51.4 Å². The molecule has 0 spiro atoms. The van der Waals surface area contributed by atoms with Gasteiger partial charge < -0.3 is 0 Å². The summed E-state index contributed by atoms with van der Waals surface area (Å²) in [6.45, 7) is 0. The molecule has 0 heterocycles. The molecule has 0 aliphatic heterocycles. The van der Waals surface area contributed by atoms with E-state index in [1.54, 1.807) is 0 Å². The molecule has 3 heteroatoms. The van der Waals surface area contributed by atoms with E-state index in [1.165, 1.54) is 0 Å². The van der Waals surface area contributed by atoms with Gasteiger partial charge in [0.2, 0.25) is 0 Å². The zero-order valence-electron chi connectivity index (χ0n) is 10.1. The molecule has 1 nitrogen and oxygen atoms in total. The number of carbonyl (C=O) groups is 1. The molecule has 0 aromatic rings. The Morgan fingerprint density at radius 2 is 1.47 bits per heavy atom. The fourth-order valence-corrected chi connectivity index (χ4v) is 3.39. The van der Waals surface area contributed by atoms with Crippen molar-refractivity contribution in [1.82, 2.24) is 0 Å². The van der Waals surface area contributed by atoms with Crippen molar-refractivity contribution in [3.63, 3.8) is 0 Å². The zero-order chi connectivity index (χ0) is 12.3. The lowest BCUT2D eigenvalue weighted by Crippen LogP contribution is -2.25. The Kier molecular flexibility index (Phi) is 4.30. The standard InChI is InChI=1S/C14H20F2O/c15-14(16)9-10-1-3-11(4-2-10)12-5-7-13(17)8-6-12/h9-12H,1-8H2. The number of ketones is 1. The first-order valence-electron chi connectivity index (χ1n) is 6.69. The van der Waals surface area contributed by atoms with Crippen LogP contribution in [0.1, 0.15) is 51.4 Å². The highest BCUT2D eigenvalue weighted by atomic mass is 19.3. The molecule has 17 heavy (non-hydrogen) atoms. The molecule has 0 aromatic heterocycles. The summed E-state index contributed by atoms with van der Waals surface area (Å²) in [5.74, 6) is 1.84. The van der Waals surface area contributed by atoms with Gasteiger partial charge in [0.1, 0.15) is 5.78 Å². The minimum atomic E-state index is -1.53. The first-order chi connectivity index (χ1) is 8.15. The maximum absolute atomic E-state index is 12.1. The number of rotatable bonds is 2. The molecule has 0 amide bonds. The Morgan fingerprint density at radius 3 is 2.00 bits per heavy atom. The molecule has 2 fully saturated rings. The third kappa shape index (κ3) is 3.62. The first-order valence-corrected chi connectivity index (χ1v) is 6.69. The summed E-state index contributed by atoms with van der Waals surface area (Å²) < 4.78 is 24.3. The van der Waals surface area contributed by atoms with Gasteiger partial charge in [0.25, 0.3) is 6.08 Å². The average Bonchev–Trinajstić information content (AvgIpc) is 2.30. The van der Waals surface area contributed by atoms with Gasteiger partial charge in [0.05, 0.1) is 0 Å². The molecule has 2 aliphatic carbocycles. The number of Topliss-reactive ketones (excluding diaryl/α,β-unsaturated/α-hetero) is 1. The predicted octanol–water partition coefficient (Wildman–Crippen LogP) is 4.33. The Balaban J connectivity index is 1.79. The van der Waals surface area contributed by atoms with E-state index in [9.17, 15) is 13.6 Å². The largest absolute Gasteiger partial charge is 0.300 e. The predicted molar refractivity (Wildman–Crippen MR) is 62.7 cm³/mol. The van der Waals surface area contributed by atoms with Crippen LogP contribution in [0.25, 0.3) is 0 Å². The summed E-state index contributed by atoms with van der Waals surface area (Å²) in [4.78, 5) is 11.2. The molecule has 0 bridgehead atoms. The van der Waals surface area contributed by atoms with E-state index >= 15 is 0 Å². The fourth-order valence-electron chi connectivity index (χ4n) is 3.39. The van der Waals surface area contributed by atoms with Crippen molar-refractivity contribution in [1.29, 1.82) is 0 Å². The SMILES string of the molecule is O=C1CCC(C2CCC(C=C(F)F)CC2)CC1. The van der Waals surface area contributed by atoms with Crippen molar-refractivity contribution in [3.8, 4) is 0 Å². The number of halogens is 2. The monoisotopic (exact) mass is 242 g/mol. The van der Waals surface area contributed by atoms with E-state index in [2.05, 4.69) is 0 Å². The molecule has 2 aliphatic rings. The summed E-state index contributed by atoms with van der Waals surface area (Å²) in [5.41, 5.74) is 0. The van der Waals surface area contributed by atoms with E-state index < -0.39 is 6.08 Å². The maximum Gasteiger partial charge on any atom is 0.266 e. The summed E-state index contributed by atoms with van der Waals surface area (Å²) >= 11 is 0. The second-order valence-corrected chi connectivity index (χ2v) is 5.51. The van der Waals surface area contributed by atoms with Crippen LogP contribution in [0.3, 0.4) is 0 Å². The first kappa shape index (κ1) is 12.7. The second-order valence-electron chi connectivity index (χ2n) is 5.51. The molecule has 0 unspecified atom stereocenters. The van der Waals surface area contributed by atoms with Crippen LogP contribution in [-0.2, 0) is 4.79 Å². The van der Waals surface area contributed by atoms with Gasteiger partial charge in [-0.2, -0.15) is 8.78 Å². The van der Waals surface area contributed by atoms with Gasteiger partial charge >= 0.3 is 0 Å². The van der Waals surface area contributed by atoms with Crippen LogP contribution < -0.4 is 0 Å². The van der Waals surface area contributed by atoms with Crippen LogP contribution in [-0.4, -0.2) is 5.78 Å². The van der Waals surface area contributed by atoms with E-state index in [1.807, 2.05) is 0 Å². The van der Waals surface area contributed by atoms with Crippen LogP contribution >= 0.6 is 0 Å². The normalized spacial score (nSPS) is 31.3. The highest BCUT2D eigenvalue weighted by molar-refractivity contribution is 5.79. The number of allylic oxidation sites excluding steroid dienone is 1. The van der Waals surface area contributed by atoms with E-state index in [4.69, 9.17) is 0 Å². The number of hydrogen-bond donors (Lipinski definition) is 0. The molecule has 0 aromatic carbocycles. The molecule has 0 radical (unpaired) electrons. The third-order valence-electron chi connectivity index (χ3n) is 4.43. The molecule has 2 rings (SSSR count). The molecule has 96 valence electrons. The Morgan fingerprint density at radius 1 is 0.941 bits per heavy atom. The smallest absolute Gasteiger partial charge is 0.266 e. The van der Waals surface area contributed by atoms with Crippen molar-refractivity contribution in [2.75, 3.05) is 0 Å². The molecule has 2 saturated carbocycles. The van der Waals surface area contributed by atoms with Crippen molar-refractivity contribution >= 4 is 5.78 Å². The highest BCUT2D eigenvalue weighted by Gasteiger charge is 2.29. The van der Waals surface area contributed by atoms with E-state index in [0.717, 1.165) is 57.4 Å².